The summed E-state index contributed by atoms with van der Waals surface area (Å²) in [5, 5.41) is 22.2. The first-order chi connectivity index (χ1) is 19.8. The number of fused-ring (bicyclic) bond motifs is 2. The smallest absolute Gasteiger partial charge is 0.164 e. The predicted molar refractivity (Wildman–Crippen MR) is 149 cm³/mol. The van der Waals surface area contributed by atoms with Gasteiger partial charge in [0.1, 0.15) is 35.3 Å². The normalized spacial score (nSPS) is 19.8. The lowest BCUT2D eigenvalue weighted by molar-refractivity contribution is 0.00586. The molecule has 2 heterocycles. The summed E-state index contributed by atoms with van der Waals surface area (Å²) in [4.78, 5) is 0. The molecule has 0 fully saturated rings. The molecule has 0 aromatic heterocycles. The van der Waals surface area contributed by atoms with Gasteiger partial charge in [-0.1, -0.05) is 24.3 Å². The van der Waals surface area contributed by atoms with Crippen LogP contribution in [0.3, 0.4) is 0 Å². The van der Waals surface area contributed by atoms with Crippen molar-refractivity contribution >= 4 is 0 Å². The van der Waals surface area contributed by atoms with Crippen molar-refractivity contribution < 1.29 is 37.9 Å². The molecular formula is C33H30F2O6. The topological polar surface area (TPSA) is 77.4 Å². The summed E-state index contributed by atoms with van der Waals surface area (Å²) in [7, 11) is 3.15. The number of ether oxygens (including phenoxy) is 4. The summed E-state index contributed by atoms with van der Waals surface area (Å²) in [6, 6.07) is 15.4. The lowest BCUT2D eigenvalue weighted by Gasteiger charge is -2.35. The zero-order chi connectivity index (χ0) is 28.8. The van der Waals surface area contributed by atoms with Gasteiger partial charge < -0.3 is 29.2 Å². The Labute approximate surface area is 236 Å². The second kappa shape index (κ2) is 10.7. The van der Waals surface area contributed by atoms with Crippen molar-refractivity contribution in [1.82, 2.24) is 0 Å². The predicted octanol–water partition coefficient (Wildman–Crippen LogP) is 6.77. The summed E-state index contributed by atoms with van der Waals surface area (Å²) < 4.78 is 51.7. The van der Waals surface area contributed by atoms with Crippen LogP contribution < -0.4 is 9.47 Å². The highest BCUT2D eigenvalue weighted by atomic mass is 19.1. The first-order valence-electron chi connectivity index (χ1n) is 13.4. The van der Waals surface area contributed by atoms with Crippen LogP contribution in [0.2, 0.25) is 0 Å². The minimum atomic E-state index is -0.726. The highest BCUT2D eigenvalue weighted by Crippen LogP contribution is 2.53. The van der Waals surface area contributed by atoms with E-state index in [0.717, 1.165) is 27.8 Å². The fourth-order valence-corrected chi connectivity index (χ4v) is 6.10. The molecule has 0 amide bonds. The van der Waals surface area contributed by atoms with Crippen LogP contribution in [-0.4, -0.2) is 37.1 Å². The molecule has 2 N–H and O–H groups in total. The molecule has 2 aliphatic heterocycles. The van der Waals surface area contributed by atoms with E-state index in [1.807, 2.05) is 6.92 Å². The maximum absolute atomic E-state index is 13.8. The quantitative estimate of drug-likeness (QED) is 0.262. The molecule has 0 saturated heterocycles. The molecule has 8 heteroatoms. The number of aromatic hydroxyl groups is 2. The number of hydrogen-bond donors (Lipinski definition) is 2. The van der Waals surface area contributed by atoms with Gasteiger partial charge >= 0.3 is 0 Å². The number of rotatable bonds is 5. The molecule has 0 bridgehead atoms. The zero-order valence-corrected chi connectivity index (χ0v) is 22.9. The molecule has 3 unspecified atom stereocenters. The van der Waals surface area contributed by atoms with E-state index in [0.29, 0.717) is 47.6 Å². The molecule has 0 aliphatic carbocycles. The lowest BCUT2D eigenvalue weighted by Crippen LogP contribution is -2.26. The Balaban J connectivity index is 1.62. The summed E-state index contributed by atoms with van der Waals surface area (Å²) in [5.74, 6) is -0.217. The van der Waals surface area contributed by atoms with Crippen LogP contribution in [0.1, 0.15) is 52.5 Å². The Bertz CT molecular complexity index is 1600. The fourth-order valence-electron chi connectivity index (χ4n) is 6.10. The highest BCUT2D eigenvalue weighted by molar-refractivity contribution is 5.83. The molecule has 0 saturated carbocycles. The summed E-state index contributed by atoms with van der Waals surface area (Å²) >= 11 is 0. The standard InChI is InChI=1S/C33H30F2O6/c1-17-14-23-24(15-25(36)31(37)30(23)33(41-17)19-6-10-21(35)11-7-19)28-22-12-13-40-32(18-4-8-20(34)9-5-18)29(22)27(39-3)16-26(28)38-2/h4-11,15-17,32-33,36-37H,12-14H2,1-3H3. The van der Waals surface area contributed by atoms with Gasteiger partial charge in [0.15, 0.2) is 11.5 Å². The molecule has 2 aliphatic rings. The monoisotopic (exact) mass is 560 g/mol. The number of phenols is 2. The van der Waals surface area contributed by atoms with Crippen molar-refractivity contribution in [1.29, 1.82) is 0 Å². The van der Waals surface area contributed by atoms with Crippen LogP contribution >= 0.6 is 0 Å². The van der Waals surface area contributed by atoms with Crippen molar-refractivity contribution in [2.75, 3.05) is 20.8 Å². The third kappa shape index (κ3) is 4.67. The van der Waals surface area contributed by atoms with E-state index >= 15 is 0 Å². The molecule has 3 atom stereocenters. The molecule has 212 valence electrons. The maximum atomic E-state index is 13.8. The van der Waals surface area contributed by atoms with E-state index in [1.165, 1.54) is 24.3 Å². The number of halogens is 2. The summed E-state index contributed by atoms with van der Waals surface area (Å²) in [5.41, 5.74) is 5.78. The van der Waals surface area contributed by atoms with Crippen molar-refractivity contribution in [2.45, 2.75) is 38.1 Å². The van der Waals surface area contributed by atoms with E-state index in [4.69, 9.17) is 18.9 Å². The summed E-state index contributed by atoms with van der Waals surface area (Å²) in [6.45, 7) is 2.33. The zero-order valence-electron chi connectivity index (χ0n) is 22.9. The SMILES string of the molecule is COc1cc(OC)c2c(c1-c1cc(O)c(O)c3c1CC(C)OC3c1ccc(F)cc1)CCOC2c1ccc(F)cc1. The van der Waals surface area contributed by atoms with Crippen molar-refractivity contribution in [3.8, 4) is 34.1 Å². The van der Waals surface area contributed by atoms with Crippen molar-refractivity contribution in [2.24, 2.45) is 0 Å². The minimum Gasteiger partial charge on any atom is -0.504 e. The van der Waals surface area contributed by atoms with Gasteiger partial charge in [-0.05, 0) is 77.9 Å². The van der Waals surface area contributed by atoms with Gasteiger partial charge in [-0.2, -0.15) is 0 Å². The first-order valence-corrected chi connectivity index (χ1v) is 13.4. The van der Waals surface area contributed by atoms with Crippen LogP contribution in [0.25, 0.3) is 11.1 Å². The Morgan fingerprint density at radius 1 is 0.780 bits per heavy atom. The van der Waals surface area contributed by atoms with Gasteiger partial charge in [0.2, 0.25) is 0 Å². The van der Waals surface area contributed by atoms with Crippen LogP contribution in [0, 0.1) is 11.6 Å². The van der Waals surface area contributed by atoms with E-state index < -0.39 is 12.2 Å². The van der Waals surface area contributed by atoms with Crippen molar-refractivity contribution in [3.05, 3.63) is 106 Å². The maximum Gasteiger partial charge on any atom is 0.164 e. The van der Waals surface area contributed by atoms with Gasteiger partial charge in [-0.25, -0.2) is 8.78 Å². The molecular weight excluding hydrogens is 530 g/mol. The first kappa shape index (κ1) is 27.1. The number of phenolic OH excluding ortho intramolecular Hbond substituents is 2. The van der Waals surface area contributed by atoms with E-state index in [-0.39, 0.29) is 29.2 Å². The van der Waals surface area contributed by atoms with Gasteiger partial charge in [-0.15, -0.1) is 0 Å². The molecule has 0 radical (unpaired) electrons. The lowest BCUT2D eigenvalue weighted by atomic mass is 9.80. The number of methoxy groups -OCH3 is 2. The van der Waals surface area contributed by atoms with Gasteiger partial charge in [0.25, 0.3) is 0 Å². The Morgan fingerprint density at radius 2 is 1.39 bits per heavy atom. The van der Waals surface area contributed by atoms with E-state index in [9.17, 15) is 19.0 Å². The largest absolute Gasteiger partial charge is 0.504 e. The van der Waals surface area contributed by atoms with Gasteiger partial charge in [0.05, 0.1) is 26.9 Å². The minimum absolute atomic E-state index is 0.240. The van der Waals surface area contributed by atoms with Gasteiger partial charge in [-0.3, -0.25) is 0 Å². The average Bonchev–Trinajstić information content (AvgIpc) is 2.98. The van der Waals surface area contributed by atoms with Crippen LogP contribution in [0.15, 0.2) is 60.7 Å². The second-order valence-corrected chi connectivity index (χ2v) is 10.4. The summed E-state index contributed by atoms with van der Waals surface area (Å²) in [6.07, 6.45) is -0.501. The van der Waals surface area contributed by atoms with Gasteiger partial charge in [0, 0.05) is 22.8 Å². The number of hydrogen-bond acceptors (Lipinski definition) is 6. The van der Waals surface area contributed by atoms with Crippen LogP contribution in [-0.2, 0) is 22.3 Å². The Hall–Kier alpha value is -4.14. The third-order valence-corrected chi connectivity index (χ3v) is 7.91. The molecule has 4 aromatic rings. The molecule has 4 aromatic carbocycles. The average molecular weight is 561 g/mol. The highest BCUT2D eigenvalue weighted by Gasteiger charge is 2.37. The molecule has 41 heavy (non-hydrogen) atoms. The van der Waals surface area contributed by atoms with E-state index in [2.05, 4.69) is 0 Å². The molecule has 0 spiro atoms. The fraction of sp³-hybridized carbons (Fsp3) is 0.273. The Kier molecular flexibility index (Phi) is 7.05. The third-order valence-electron chi connectivity index (χ3n) is 7.91. The van der Waals surface area contributed by atoms with Crippen LogP contribution in [0.5, 0.6) is 23.0 Å². The number of benzene rings is 4. The van der Waals surface area contributed by atoms with Crippen LogP contribution in [0.4, 0.5) is 8.78 Å². The van der Waals surface area contributed by atoms with E-state index in [1.54, 1.807) is 50.6 Å². The Morgan fingerprint density at radius 3 is 2.00 bits per heavy atom. The molecule has 6 rings (SSSR count). The van der Waals surface area contributed by atoms with Crippen molar-refractivity contribution in [3.63, 3.8) is 0 Å². The second-order valence-electron chi connectivity index (χ2n) is 10.4. The molecule has 6 nitrogen and oxygen atoms in total.